The van der Waals surface area contributed by atoms with E-state index >= 15 is 0 Å². The summed E-state index contributed by atoms with van der Waals surface area (Å²) in [6, 6.07) is 6.45. The van der Waals surface area contributed by atoms with Crippen LogP contribution in [0.5, 0.6) is 0 Å². The summed E-state index contributed by atoms with van der Waals surface area (Å²) in [5, 5.41) is 13.1. The van der Waals surface area contributed by atoms with Crippen LogP contribution in [0.2, 0.25) is 0 Å². The Morgan fingerprint density at radius 2 is 2.00 bits per heavy atom. The van der Waals surface area contributed by atoms with Gasteiger partial charge in [-0.2, -0.15) is 15.4 Å². The van der Waals surface area contributed by atoms with E-state index in [1.54, 1.807) is 30.5 Å². The molecule has 2 N–H and O–H groups in total. The van der Waals surface area contributed by atoms with Crippen molar-refractivity contribution >= 4 is 5.91 Å². The van der Waals surface area contributed by atoms with Crippen molar-refractivity contribution in [3.05, 3.63) is 47.3 Å². The lowest BCUT2D eigenvalue weighted by molar-refractivity contribution is 0.0910. The molecule has 2 aromatic rings. The van der Waals surface area contributed by atoms with Crippen molar-refractivity contribution < 1.29 is 9.18 Å². The first-order chi connectivity index (χ1) is 9.40. The minimum atomic E-state index is -1.04. The van der Waals surface area contributed by atoms with Gasteiger partial charge < -0.3 is 5.32 Å². The standard InChI is InChI=1S/C14H17FN4O/c1-9(15)10-4-6-11(7-5-10)13(20)17-14(2,3)12-8-16-19-18-12/h4-9H,1-3H3,(H,17,20)(H,16,18,19). The summed E-state index contributed by atoms with van der Waals surface area (Å²) in [6.07, 6.45) is 0.521. The zero-order valence-corrected chi connectivity index (χ0v) is 11.6. The van der Waals surface area contributed by atoms with Gasteiger partial charge in [0.05, 0.1) is 11.7 Å². The third-order valence-electron chi connectivity index (χ3n) is 3.11. The van der Waals surface area contributed by atoms with Crippen LogP contribution in [0.25, 0.3) is 0 Å². The average Bonchev–Trinajstić information content (AvgIpc) is 2.93. The molecule has 1 aromatic heterocycles. The number of nitrogens with zero attached hydrogens (tertiary/aromatic N) is 2. The second-order valence-corrected chi connectivity index (χ2v) is 5.17. The number of alkyl halides is 1. The van der Waals surface area contributed by atoms with Crippen molar-refractivity contribution in [2.45, 2.75) is 32.5 Å². The molecule has 0 saturated carbocycles. The number of H-pyrrole nitrogens is 1. The van der Waals surface area contributed by atoms with Gasteiger partial charge in [-0.05, 0) is 38.5 Å². The van der Waals surface area contributed by atoms with Crippen LogP contribution in [-0.4, -0.2) is 21.3 Å². The molecule has 106 valence electrons. The van der Waals surface area contributed by atoms with Crippen molar-refractivity contribution in [3.63, 3.8) is 0 Å². The number of carbonyl (C=O) groups is 1. The molecule has 0 aliphatic heterocycles. The first-order valence-corrected chi connectivity index (χ1v) is 6.33. The fraction of sp³-hybridized carbons (Fsp3) is 0.357. The van der Waals surface area contributed by atoms with E-state index in [0.29, 0.717) is 16.8 Å². The zero-order chi connectivity index (χ0) is 14.8. The van der Waals surface area contributed by atoms with Gasteiger partial charge in [0.15, 0.2) is 0 Å². The lowest BCUT2D eigenvalue weighted by atomic mass is 10.0. The summed E-state index contributed by atoms with van der Waals surface area (Å²) >= 11 is 0. The van der Waals surface area contributed by atoms with E-state index in [0.717, 1.165) is 0 Å². The van der Waals surface area contributed by atoms with Crippen LogP contribution in [0.4, 0.5) is 4.39 Å². The number of aromatic amines is 1. The van der Waals surface area contributed by atoms with E-state index in [-0.39, 0.29) is 5.91 Å². The number of amides is 1. The molecule has 0 aliphatic carbocycles. The molecular weight excluding hydrogens is 259 g/mol. The van der Waals surface area contributed by atoms with E-state index in [2.05, 4.69) is 20.7 Å². The van der Waals surface area contributed by atoms with E-state index in [9.17, 15) is 9.18 Å². The van der Waals surface area contributed by atoms with Gasteiger partial charge in [0.1, 0.15) is 11.9 Å². The molecule has 1 unspecified atom stereocenters. The number of benzene rings is 1. The second kappa shape index (κ2) is 5.40. The summed E-state index contributed by atoms with van der Waals surface area (Å²) in [5.74, 6) is -0.240. The Labute approximate surface area is 116 Å². The monoisotopic (exact) mass is 276 g/mol. The molecule has 1 heterocycles. The van der Waals surface area contributed by atoms with E-state index in [4.69, 9.17) is 0 Å². The number of halogens is 1. The van der Waals surface area contributed by atoms with Gasteiger partial charge in [-0.1, -0.05) is 12.1 Å². The Kier molecular flexibility index (Phi) is 3.83. The Morgan fingerprint density at radius 1 is 1.35 bits per heavy atom. The van der Waals surface area contributed by atoms with Crippen LogP contribution in [0, 0.1) is 0 Å². The minimum absolute atomic E-state index is 0.240. The van der Waals surface area contributed by atoms with Crippen molar-refractivity contribution in [1.29, 1.82) is 0 Å². The highest BCUT2D eigenvalue weighted by molar-refractivity contribution is 5.94. The number of aromatic nitrogens is 3. The highest BCUT2D eigenvalue weighted by Crippen LogP contribution is 2.19. The smallest absolute Gasteiger partial charge is 0.252 e. The molecule has 5 nitrogen and oxygen atoms in total. The number of rotatable bonds is 4. The fourth-order valence-corrected chi connectivity index (χ4v) is 1.82. The number of carbonyl (C=O) groups excluding carboxylic acids is 1. The second-order valence-electron chi connectivity index (χ2n) is 5.17. The summed E-state index contributed by atoms with van der Waals surface area (Å²) in [5.41, 5.74) is 1.03. The molecule has 6 heteroatoms. The molecule has 0 saturated heterocycles. The molecule has 1 aromatic carbocycles. The molecule has 0 spiro atoms. The molecule has 0 radical (unpaired) electrons. The number of nitrogens with one attached hydrogen (secondary N) is 2. The van der Waals surface area contributed by atoms with Gasteiger partial charge >= 0.3 is 0 Å². The van der Waals surface area contributed by atoms with Crippen LogP contribution in [-0.2, 0) is 5.54 Å². The molecule has 1 atom stereocenters. The van der Waals surface area contributed by atoms with Crippen LogP contribution in [0.1, 0.15) is 48.6 Å². The zero-order valence-electron chi connectivity index (χ0n) is 11.6. The van der Waals surface area contributed by atoms with Crippen molar-refractivity contribution in [1.82, 2.24) is 20.7 Å². The largest absolute Gasteiger partial charge is 0.341 e. The summed E-state index contributed by atoms with van der Waals surface area (Å²) in [7, 11) is 0. The minimum Gasteiger partial charge on any atom is -0.341 e. The predicted molar refractivity (Wildman–Crippen MR) is 72.8 cm³/mol. The molecule has 0 bridgehead atoms. The number of hydrogen-bond acceptors (Lipinski definition) is 3. The van der Waals surface area contributed by atoms with Gasteiger partial charge in [0.25, 0.3) is 5.91 Å². The number of hydrogen-bond donors (Lipinski definition) is 2. The van der Waals surface area contributed by atoms with Crippen LogP contribution >= 0.6 is 0 Å². The van der Waals surface area contributed by atoms with Gasteiger partial charge in [-0.3, -0.25) is 4.79 Å². The van der Waals surface area contributed by atoms with Crippen LogP contribution in [0.3, 0.4) is 0 Å². The molecule has 20 heavy (non-hydrogen) atoms. The first-order valence-electron chi connectivity index (χ1n) is 6.33. The van der Waals surface area contributed by atoms with Crippen molar-refractivity contribution in [2.24, 2.45) is 0 Å². The van der Waals surface area contributed by atoms with E-state index in [1.807, 2.05) is 13.8 Å². The Hall–Kier alpha value is -2.24. The highest BCUT2D eigenvalue weighted by Gasteiger charge is 2.26. The Balaban J connectivity index is 2.12. The van der Waals surface area contributed by atoms with E-state index in [1.165, 1.54) is 6.92 Å². The molecule has 0 aliphatic rings. The summed E-state index contributed by atoms with van der Waals surface area (Å²) < 4.78 is 13.1. The Bertz CT molecular complexity index is 576. The average molecular weight is 276 g/mol. The third kappa shape index (κ3) is 3.01. The van der Waals surface area contributed by atoms with Gasteiger partial charge in [0.2, 0.25) is 0 Å². The summed E-state index contributed by atoms with van der Waals surface area (Å²) in [4.78, 5) is 12.2. The first kappa shape index (κ1) is 14.2. The van der Waals surface area contributed by atoms with Crippen LogP contribution in [0.15, 0.2) is 30.5 Å². The highest BCUT2D eigenvalue weighted by atomic mass is 19.1. The van der Waals surface area contributed by atoms with Crippen LogP contribution < -0.4 is 5.32 Å². The SMILES string of the molecule is CC(F)c1ccc(C(=O)NC(C)(C)c2cn[nH]n2)cc1. The quantitative estimate of drug-likeness (QED) is 0.901. The fourth-order valence-electron chi connectivity index (χ4n) is 1.82. The maximum atomic E-state index is 13.1. The van der Waals surface area contributed by atoms with Gasteiger partial charge in [-0.15, -0.1) is 0 Å². The molecule has 0 fully saturated rings. The lowest BCUT2D eigenvalue weighted by Gasteiger charge is -2.23. The molecule has 1 amide bonds. The van der Waals surface area contributed by atoms with Gasteiger partial charge in [-0.25, -0.2) is 4.39 Å². The van der Waals surface area contributed by atoms with Gasteiger partial charge in [0, 0.05) is 5.56 Å². The lowest BCUT2D eigenvalue weighted by Crippen LogP contribution is -2.41. The van der Waals surface area contributed by atoms with Crippen molar-refractivity contribution in [3.8, 4) is 0 Å². The normalized spacial score (nSPS) is 13.0. The molecular formula is C14H17FN4O. The van der Waals surface area contributed by atoms with E-state index < -0.39 is 11.7 Å². The third-order valence-corrected chi connectivity index (χ3v) is 3.11. The van der Waals surface area contributed by atoms with Crippen molar-refractivity contribution in [2.75, 3.05) is 0 Å². The Morgan fingerprint density at radius 3 is 2.50 bits per heavy atom. The predicted octanol–water partition coefficient (Wildman–Crippen LogP) is 2.50. The topological polar surface area (TPSA) is 70.7 Å². The molecule has 2 rings (SSSR count). The maximum Gasteiger partial charge on any atom is 0.252 e. The maximum absolute atomic E-state index is 13.1. The summed E-state index contributed by atoms with van der Waals surface area (Å²) in [6.45, 7) is 5.13.